The summed E-state index contributed by atoms with van der Waals surface area (Å²) < 4.78 is 0. The van der Waals surface area contributed by atoms with Crippen LogP contribution in [0.15, 0.2) is 23.6 Å². The van der Waals surface area contributed by atoms with Gasteiger partial charge in [-0.1, -0.05) is 11.8 Å². The molecule has 0 aliphatic carbocycles. The number of carbonyl (C=O) groups excluding carboxylic acids is 1. The summed E-state index contributed by atoms with van der Waals surface area (Å²) in [6.07, 6.45) is 2.32. The zero-order valence-corrected chi connectivity index (χ0v) is 16.1. The number of carbonyl (C=O) groups is 1. The number of likely N-dealkylation sites (tertiary alicyclic amines) is 1. The predicted octanol–water partition coefficient (Wildman–Crippen LogP) is 3.19. The van der Waals surface area contributed by atoms with E-state index in [-0.39, 0.29) is 12.5 Å². The van der Waals surface area contributed by atoms with Crippen molar-refractivity contribution in [3.8, 4) is 11.8 Å². The standard InChI is InChI=1S/C19H22N2O2S2/c1-20(2)19(23)18-8-7-17(25-18)16-6-3-9-21(16)12-15-11-14(13-24-15)5-4-10-22/h7-8,11,13,16,22H,3,6,9-10,12H2,1-2H3. The van der Waals surface area contributed by atoms with Gasteiger partial charge < -0.3 is 10.0 Å². The fourth-order valence-electron chi connectivity index (χ4n) is 3.08. The van der Waals surface area contributed by atoms with Gasteiger partial charge in [-0.05, 0) is 37.6 Å². The van der Waals surface area contributed by atoms with E-state index >= 15 is 0 Å². The number of hydrogen-bond donors (Lipinski definition) is 1. The van der Waals surface area contributed by atoms with E-state index in [1.807, 2.05) is 11.4 Å². The van der Waals surface area contributed by atoms with Gasteiger partial charge in [0, 0.05) is 47.4 Å². The molecule has 3 rings (SSSR count). The minimum absolute atomic E-state index is 0.0751. The molecule has 6 heteroatoms. The Bertz CT molecular complexity index is 798. The molecule has 2 aromatic heterocycles. The Morgan fingerprint density at radius 1 is 1.44 bits per heavy atom. The lowest BCUT2D eigenvalue weighted by atomic mass is 10.2. The highest BCUT2D eigenvalue weighted by Crippen LogP contribution is 2.37. The zero-order valence-electron chi connectivity index (χ0n) is 14.5. The summed E-state index contributed by atoms with van der Waals surface area (Å²) in [5.74, 6) is 5.73. The zero-order chi connectivity index (χ0) is 17.8. The lowest BCUT2D eigenvalue weighted by Crippen LogP contribution is -2.22. The number of amides is 1. The molecule has 0 bridgehead atoms. The second-order valence-corrected chi connectivity index (χ2v) is 8.40. The number of thiophene rings is 2. The molecule has 0 radical (unpaired) electrons. The lowest BCUT2D eigenvalue weighted by molar-refractivity contribution is 0.0832. The van der Waals surface area contributed by atoms with E-state index in [4.69, 9.17) is 5.11 Å². The first-order valence-electron chi connectivity index (χ1n) is 8.31. The second kappa shape index (κ2) is 8.15. The highest BCUT2D eigenvalue weighted by atomic mass is 32.1. The summed E-state index contributed by atoms with van der Waals surface area (Å²) in [5.41, 5.74) is 0.972. The van der Waals surface area contributed by atoms with Gasteiger partial charge in [-0.25, -0.2) is 0 Å². The minimum atomic E-state index is -0.105. The van der Waals surface area contributed by atoms with Crippen molar-refractivity contribution in [2.24, 2.45) is 0 Å². The third-order valence-corrected chi connectivity index (χ3v) is 6.36. The molecule has 3 heterocycles. The van der Waals surface area contributed by atoms with Gasteiger partial charge >= 0.3 is 0 Å². The second-order valence-electron chi connectivity index (χ2n) is 6.29. The molecule has 1 fully saturated rings. The third-order valence-electron chi connectivity index (χ3n) is 4.26. The summed E-state index contributed by atoms with van der Waals surface area (Å²) in [6.45, 7) is 1.88. The highest BCUT2D eigenvalue weighted by molar-refractivity contribution is 7.14. The van der Waals surface area contributed by atoms with Crippen LogP contribution in [0, 0.1) is 11.8 Å². The number of hydrogen-bond acceptors (Lipinski definition) is 5. The van der Waals surface area contributed by atoms with Crippen molar-refractivity contribution >= 4 is 28.6 Å². The topological polar surface area (TPSA) is 43.8 Å². The molecule has 132 valence electrons. The lowest BCUT2D eigenvalue weighted by Gasteiger charge is -2.22. The van der Waals surface area contributed by atoms with E-state index in [1.165, 1.54) is 16.2 Å². The van der Waals surface area contributed by atoms with Gasteiger partial charge in [0.25, 0.3) is 5.91 Å². The molecular weight excluding hydrogens is 352 g/mol. The first kappa shape index (κ1) is 18.2. The Balaban J connectivity index is 1.70. The summed E-state index contributed by atoms with van der Waals surface area (Å²) in [6, 6.07) is 6.56. The van der Waals surface area contributed by atoms with E-state index in [2.05, 4.69) is 28.9 Å². The van der Waals surface area contributed by atoms with Crippen molar-refractivity contribution in [1.82, 2.24) is 9.80 Å². The maximum Gasteiger partial charge on any atom is 0.263 e. The monoisotopic (exact) mass is 374 g/mol. The summed E-state index contributed by atoms with van der Waals surface area (Å²) >= 11 is 3.33. The fraction of sp³-hybridized carbons (Fsp3) is 0.421. The van der Waals surface area contributed by atoms with Crippen LogP contribution in [0.4, 0.5) is 0 Å². The van der Waals surface area contributed by atoms with E-state index < -0.39 is 0 Å². The molecule has 1 aliphatic heterocycles. The van der Waals surface area contributed by atoms with Crippen LogP contribution >= 0.6 is 22.7 Å². The van der Waals surface area contributed by atoms with Gasteiger partial charge in [0.2, 0.25) is 0 Å². The van der Waals surface area contributed by atoms with Crippen LogP contribution < -0.4 is 0 Å². The molecular formula is C19H22N2O2S2. The number of aliphatic hydroxyl groups is 1. The van der Waals surface area contributed by atoms with E-state index in [0.717, 1.165) is 30.0 Å². The molecule has 0 spiro atoms. The summed E-state index contributed by atoms with van der Waals surface area (Å²) in [7, 11) is 3.58. The van der Waals surface area contributed by atoms with Gasteiger partial charge in [-0.2, -0.15) is 0 Å². The molecule has 2 aromatic rings. The Kier molecular flexibility index (Phi) is 5.92. The Labute approximate surface area is 156 Å². The SMILES string of the molecule is CN(C)C(=O)c1ccc(C2CCCN2Cc2cc(C#CCO)cs2)s1. The Morgan fingerprint density at radius 2 is 2.28 bits per heavy atom. The Morgan fingerprint density at radius 3 is 3.04 bits per heavy atom. The first-order chi connectivity index (χ1) is 12.1. The quantitative estimate of drug-likeness (QED) is 0.836. The van der Waals surface area contributed by atoms with Crippen LogP contribution in [0.5, 0.6) is 0 Å². The maximum absolute atomic E-state index is 12.1. The molecule has 0 aromatic carbocycles. The largest absolute Gasteiger partial charge is 0.384 e. The van der Waals surface area contributed by atoms with Crippen LogP contribution in [-0.4, -0.2) is 48.1 Å². The van der Waals surface area contributed by atoms with Gasteiger partial charge in [0.05, 0.1) is 4.88 Å². The summed E-state index contributed by atoms with van der Waals surface area (Å²) in [5, 5.41) is 10.8. The van der Waals surface area contributed by atoms with Gasteiger partial charge in [-0.3, -0.25) is 9.69 Å². The maximum atomic E-state index is 12.1. The third kappa shape index (κ3) is 4.31. The van der Waals surface area contributed by atoms with Gasteiger partial charge in [0.15, 0.2) is 0 Å². The summed E-state index contributed by atoms with van der Waals surface area (Å²) in [4.78, 5) is 19.6. The molecule has 1 saturated heterocycles. The average Bonchev–Trinajstić information content (AvgIpc) is 3.33. The number of nitrogens with zero attached hydrogens (tertiary/aromatic N) is 2. The Hall–Kier alpha value is -1.65. The van der Waals surface area contributed by atoms with Crippen LogP contribution in [-0.2, 0) is 6.54 Å². The fourth-order valence-corrected chi connectivity index (χ4v) is 5.12. The van der Waals surface area contributed by atoms with Crippen molar-refractivity contribution in [3.05, 3.63) is 43.8 Å². The predicted molar refractivity (Wildman–Crippen MR) is 103 cm³/mol. The van der Waals surface area contributed by atoms with Crippen LogP contribution in [0.25, 0.3) is 0 Å². The molecule has 4 nitrogen and oxygen atoms in total. The molecule has 1 N–H and O–H groups in total. The molecule has 1 aliphatic rings. The van der Waals surface area contributed by atoms with Gasteiger partial charge in [-0.15, -0.1) is 22.7 Å². The number of rotatable bonds is 4. The molecule has 25 heavy (non-hydrogen) atoms. The minimum Gasteiger partial charge on any atom is -0.384 e. The van der Waals surface area contributed by atoms with Crippen molar-refractivity contribution in [2.45, 2.75) is 25.4 Å². The molecule has 0 saturated carbocycles. The molecule has 1 unspecified atom stereocenters. The molecule has 1 atom stereocenters. The highest BCUT2D eigenvalue weighted by Gasteiger charge is 2.28. The van der Waals surface area contributed by atoms with Crippen molar-refractivity contribution in [3.63, 3.8) is 0 Å². The van der Waals surface area contributed by atoms with E-state index in [0.29, 0.717) is 6.04 Å². The van der Waals surface area contributed by atoms with E-state index in [1.54, 1.807) is 41.7 Å². The van der Waals surface area contributed by atoms with Crippen LogP contribution in [0.1, 0.15) is 43.9 Å². The van der Waals surface area contributed by atoms with Crippen LogP contribution in [0.2, 0.25) is 0 Å². The van der Waals surface area contributed by atoms with Crippen LogP contribution in [0.3, 0.4) is 0 Å². The van der Waals surface area contributed by atoms with Crippen molar-refractivity contribution < 1.29 is 9.90 Å². The number of aliphatic hydroxyl groups excluding tert-OH is 1. The van der Waals surface area contributed by atoms with E-state index in [9.17, 15) is 4.79 Å². The average molecular weight is 375 g/mol. The first-order valence-corrected chi connectivity index (χ1v) is 10.0. The van der Waals surface area contributed by atoms with Crippen molar-refractivity contribution in [1.29, 1.82) is 0 Å². The van der Waals surface area contributed by atoms with Gasteiger partial charge in [0.1, 0.15) is 6.61 Å². The van der Waals surface area contributed by atoms with Crippen molar-refractivity contribution in [2.75, 3.05) is 27.2 Å². The smallest absolute Gasteiger partial charge is 0.263 e. The normalized spacial score (nSPS) is 17.3. The molecule has 1 amide bonds.